The van der Waals surface area contributed by atoms with Crippen LogP contribution >= 0.6 is 11.3 Å². The molecule has 2 aromatic rings. The Morgan fingerprint density at radius 3 is 2.41 bits per heavy atom. The lowest BCUT2D eigenvalue weighted by molar-refractivity contribution is 0.102. The molecule has 0 aliphatic heterocycles. The molecule has 0 saturated carbocycles. The molecule has 1 aromatic heterocycles. The summed E-state index contributed by atoms with van der Waals surface area (Å²) in [5.41, 5.74) is 1.07. The molecule has 118 valence electrons. The molecule has 0 aliphatic carbocycles. The highest BCUT2D eigenvalue weighted by Gasteiger charge is 2.18. The van der Waals surface area contributed by atoms with Gasteiger partial charge in [-0.3, -0.25) is 4.79 Å². The summed E-state index contributed by atoms with van der Waals surface area (Å²) >= 11 is 1.56. The van der Waals surface area contributed by atoms with Crippen LogP contribution in [0.5, 0.6) is 0 Å². The molecule has 0 bridgehead atoms. The van der Waals surface area contributed by atoms with E-state index in [0.717, 1.165) is 14.1 Å². The lowest BCUT2D eigenvalue weighted by Crippen LogP contribution is -2.22. The van der Waals surface area contributed by atoms with Crippen molar-refractivity contribution in [2.75, 3.05) is 19.4 Å². The van der Waals surface area contributed by atoms with E-state index in [0.29, 0.717) is 11.3 Å². The lowest BCUT2D eigenvalue weighted by atomic mass is 10.2. The number of hydrogen-bond donors (Lipinski definition) is 1. The zero-order chi connectivity index (χ0) is 16.5. The SMILES string of the molecule is Cc1cc(C(=O)Nc2cccc(S(=O)(=O)N(C)C)c2)c(C)s1. The van der Waals surface area contributed by atoms with Crippen LogP contribution < -0.4 is 5.32 Å². The number of anilines is 1. The van der Waals surface area contributed by atoms with Gasteiger partial charge in [0, 0.05) is 29.5 Å². The van der Waals surface area contributed by atoms with Crippen molar-refractivity contribution in [2.45, 2.75) is 18.7 Å². The standard InChI is InChI=1S/C15H18N2O3S2/c1-10-8-14(11(2)21-10)15(18)16-12-6-5-7-13(9-12)22(19,20)17(3)4/h5-9H,1-4H3,(H,16,18). The third-order valence-corrected chi connectivity index (χ3v) is 5.93. The first-order valence-electron chi connectivity index (χ1n) is 6.63. The monoisotopic (exact) mass is 338 g/mol. The van der Waals surface area contributed by atoms with Crippen LogP contribution in [0.2, 0.25) is 0 Å². The third kappa shape index (κ3) is 3.37. The van der Waals surface area contributed by atoms with Crippen LogP contribution in [-0.2, 0) is 10.0 Å². The zero-order valence-electron chi connectivity index (χ0n) is 12.9. The van der Waals surface area contributed by atoms with E-state index in [9.17, 15) is 13.2 Å². The molecule has 1 heterocycles. The smallest absolute Gasteiger partial charge is 0.256 e. The van der Waals surface area contributed by atoms with Crippen molar-refractivity contribution in [1.29, 1.82) is 0 Å². The predicted octanol–water partition coefficient (Wildman–Crippen LogP) is 2.87. The molecule has 0 fully saturated rings. The van der Waals surface area contributed by atoms with E-state index in [2.05, 4.69) is 5.32 Å². The number of sulfonamides is 1. The second kappa shape index (κ2) is 6.20. The summed E-state index contributed by atoms with van der Waals surface area (Å²) in [6.07, 6.45) is 0. The van der Waals surface area contributed by atoms with Gasteiger partial charge in [-0.15, -0.1) is 11.3 Å². The summed E-state index contributed by atoms with van der Waals surface area (Å²) in [7, 11) is -0.579. The number of aryl methyl sites for hydroxylation is 2. The molecule has 1 amide bonds. The summed E-state index contributed by atoms with van der Waals surface area (Å²) in [5, 5.41) is 2.75. The van der Waals surface area contributed by atoms with E-state index in [1.165, 1.54) is 26.2 Å². The van der Waals surface area contributed by atoms with Crippen molar-refractivity contribution in [1.82, 2.24) is 4.31 Å². The summed E-state index contributed by atoms with van der Waals surface area (Å²) in [5.74, 6) is -0.235. The third-order valence-electron chi connectivity index (χ3n) is 3.16. The number of nitrogens with one attached hydrogen (secondary N) is 1. The van der Waals surface area contributed by atoms with Gasteiger partial charge < -0.3 is 5.32 Å². The highest BCUT2D eigenvalue weighted by atomic mass is 32.2. The fourth-order valence-corrected chi connectivity index (χ4v) is 3.87. The van der Waals surface area contributed by atoms with E-state index in [1.807, 2.05) is 19.9 Å². The molecule has 22 heavy (non-hydrogen) atoms. The van der Waals surface area contributed by atoms with E-state index >= 15 is 0 Å². The molecule has 7 heteroatoms. The van der Waals surface area contributed by atoms with Crippen molar-refractivity contribution in [3.63, 3.8) is 0 Å². The topological polar surface area (TPSA) is 66.5 Å². The van der Waals surface area contributed by atoms with Crippen molar-refractivity contribution in [3.8, 4) is 0 Å². The summed E-state index contributed by atoms with van der Waals surface area (Å²) in [6.45, 7) is 3.83. The second-order valence-electron chi connectivity index (χ2n) is 5.10. The van der Waals surface area contributed by atoms with Crippen LogP contribution in [0.4, 0.5) is 5.69 Å². The van der Waals surface area contributed by atoms with Gasteiger partial charge in [0.05, 0.1) is 10.5 Å². The average molecular weight is 338 g/mol. The maximum atomic E-state index is 12.3. The Labute approximate surface area is 134 Å². The van der Waals surface area contributed by atoms with Crippen molar-refractivity contribution >= 4 is 33.0 Å². The number of hydrogen-bond acceptors (Lipinski definition) is 4. The van der Waals surface area contributed by atoms with E-state index in [-0.39, 0.29) is 10.8 Å². The molecular formula is C15H18N2O3S2. The summed E-state index contributed by atoms with van der Waals surface area (Å²) in [4.78, 5) is 14.4. The molecular weight excluding hydrogens is 320 g/mol. The Bertz CT molecular complexity index is 808. The van der Waals surface area contributed by atoms with Crippen LogP contribution in [0.15, 0.2) is 35.2 Å². The number of carbonyl (C=O) groups excluding carboxylic acids is 1. The summed E-state index contributed by atoms with van der Waals surface area (Å²) in [6, 6.07) is 8.07. The van der Waals surface area contributed by atoms with Gasteiger partial charge in [0.2, 0.25) is 10.0 Å². The Morgan fingerprint density at radius 1 is 1.18 bits per heavy atom. The maximum Gasteiger partial charge on any atom is 0.256 e. The fraction of sp³-hybridized carbons (Fsp3) is 0.267. The van der Waals surface area contributed by atoms with Crippen LogP contribution in [0.25, 0.3) is 0 Å². The van der Waals surface area contributed by atoms with Crippen molar-refractivity contribution < 1.29 is 13.2 Å². The van der Waals surface area contributed by atoms with Crippen LogP contribution in [0.3, 0.4) is 0 Å². The number of thiophene rings is 1. The van der Waals surface area contributed by atoms with E-state index in [4.69, 9.17) is 0 Å². The molecule has 0 spiro atoms. The summed E-state index contributed by atoms with van der Waals surface area (Å²) < 4.78 is 25.4. The Kier molecular flexibility index (Phi) is 4.69. The molecule has 2 rings (SSSR count). The van der Waals surface area contributed by atoms with Gasteiger partial charge in [-0.25, -0.2) is 12.7 Å². The molecule has 0 atom stereocenters. The van der Waals surface area contributed by atoms with Gasteiger partial charge >= 0.3 is 0 Å². The predicted molar refractivity (Wildman–Crippen MR) is 89.1 cm³/mol. The zero-order valence-corrected chi connectivity index (χ0v) is 14.5. The molecule has 5 nitrogen and oxygen atoms in total. The van der Waals surface area contributed by atoms with E-state index in [1.54, 1.807) is 23.5 Å². The number of nitrogens with zero attached hydrogens (tertiary/aromatic N) is 1. The highest BCUT2D eigenvalue weighted by molar-refractivity contribution is 7.89. The lowest BCUT2D eigenvalue weighted by Gasteiger charge is -2.12. The normalized spacial score (nSPS) is 11.7. The van der Waals surface area contributed by atoms with Gasteiger partial charge in [-0.1, -0.05) is 6.07 Å². The minimum atomic E-state index is -3.52. The van der Waals surface area contributed by atoms with Crippen LogP contribution in [-0.4, -0.2) is 32.7 Å². The number of rotatable bonds is 4. The van der Waals surface area contributed by atoms with Gasteiger partial charge in [-0.2, -0.15) is 0 Å². The molecule has 0 aliphatic rings. The van der Waals surface area contributed by atoms with Gasteiger partial charge in [0.15, 0.2) is 0 Å². The molecule has 0 unspecified atom stereocenters. The Morgan fingerprint density at radius 2 is 1.86 bits per heavy atom. The number of benzene rings is 1. The molecule has 1 aromatic carbocycles. The minimum absolute atomic E-state index is 0.147. The quantitative estimate of drug-likeness (QED) is 0.932. The number of carbonyl (C=O) groups is 1. The van der Waals surface area contributed by atoms with E-state index < -0.39 is 10.0 Å². The van der Waals surface area contributed by atoms with Crippen LogP contribution in [0.1, 0.15) is 20.1 Å². The van der Waals surface area contributed by atoms with Crippen molar-refractivity contribution in [3.05, 3.63) is 45.6 Å². The van der Waals surface area contributed by atoms with Gasteiger partial charge in [-0.05, 0) is 38.1 Å². The molecule has 1 N–H and O–H groups in total. The second-order valence-corrected chi connectivity index (χ2v) is 8.71. The van der Waals surface area contributed by atoms with Gasteiger partial charge in [0.1, 0.15) is 0 Å². The minimum Gasteiger partial charge on any atom is -0.322 e. The number of amides is 1. The van der Waals surface area contributed by atoms with Gasteiger partial charge in [0.25, 0.3) is 5.91 Å². The first-order chi connectivity index (χ1) is 10.2. The van der Waals surface area contributed by atoms with Crippen molar-refractivity contribution in [2.24, 2.45) is 0 Å². The molecule has 0 radical (unpaired) electrons. The molecule has 0 saturated heterocycles. The Balaban J connectivity index is 2.28. The average Bonchev–Trinajstić information content (AvgIpc) is 2.78. The Hall–Kier alpha value is -1.70. The van der Waals surface area contributed by atoms with Crippen LogP contribution in [0, 0.1) is 13.8 Å². The highest BCUT2D eigenvalue weighted by Crippen LogP contribution is 2.23. The maximum absolute atomic E-state index is 12.3. The first-order valence-corrected chi connectivity index (χ1v) is 8.88. The fourth-order valence-electron chi connectivity index (χ4n) is 2.00. The largest absolute Gasteiger partial charge is 0.322 e. The first kappa shape index (κ1) is 16.7.